The molecule has 0 atom stereocenters. The monoisotopic (exact) mass is 177 g/mol. The summed E-state index contributed by atoms with van der Waals surface area (Å²) < 4.78 is 13.1. The predicted octanol–water partition coefficient (Wildman–Crippen LogP) is 0.209. The first kappa shape index (κ1) is 9.51. The largest absolute Gasteiger partial charge is 0.320 e. The maximum absolute atomic E-state index is 13.1. The van der Waals surface area contributed by atoms with Gasteiger partial charge in [0.05, 0.1) is 5.69 Å². The molecule has 0 unspecified atom stereocenters. The summed E-state index contributed by atoms with van der Waals surface area (Å²) in [5.74, 6) is -0.849. The van der Waals surface area contributed by atoms with Crippen molar-refractivity contribution in [2.45, 2.75) is 0 Å². The number of carbonyl (C=O) groups is 1. The minimum absolute atomic E-state index is 0.176. The fraction of sp³-hybridized carbons (Fsp3) is 0. The van der Waals surface area contributed by atoms with Crippen LogP contribution in [0.2, 0.25) is 0 Å². The number of hydrogen-bond acceptors (Lipinski definition) is 1. The van der Waals surface area contributed by atoms with Crippen molar-refractivity contribution in [3.8, 4) is 0 Å². The number of hydrogen-bond donors (Lipinski definition) is 1. The van der Waals surface area contributed by atoms with E-state index in [2.05, 4.69) is 11.9 Å². The van der Waals surface area contributed by atoms with Crippen molar-refractivity contribution in [3.05, 3.63) is 36.7 Å². The molecule has 0 bridgehead atoms. The van der Waals surface area contributed by atoms with E-state index in [0.717, 1.165) is 11.5 Å². The highest BCUT2D eigenvalue weighted by molar-refractivity contribution is 6.32. The first-order chi connectivity index (χ1) is 6.13. The molecule has 66 valence electrons. The molecule has 4 heteroatoms. The third kappa shape index (κ3) is 2.44. The molecule has 13 heavy (non-hydrogen) atoms. The van der Waals surface area contributed by atoms with Crippen molar-refractivity contribution in [3.63, 3.8) is 0 Å². The van der Waals surface area contributed by atoms with Gasteiger partial charge in [-0.05, 0) is 18.2 Å². The Balaban J connectivity index is 2.89. The lowest BCUT2D eigenvalue weighted by molar-refractivity contribution is -0.111. The molecular formula is C9H9BFNO. The summed E-state index contributed by atoms with van der Waals surface area (Å²) in [6, 6.07) is 4.60. The van der Waals surface area contributed by atoms with E-state index in [-0.39, 0.29) is 5.69 Å². The average molecular weight is 177 g/mol. The number of halogens is 1. The summed E-state index contributed by atoms with van der Waals surface area (Å²) >= 11 is 0. The van der Waals surface area contributed by atoms with Gasteiger partial charge in [-0.2, -0.15) is 0 Å². The lowest BCUT2D eigenvalue weighted by Crippen LogP contribution is -2.11. The van der Waals surface area contributed by atoms with Crippen molar-refractivity contribution in [2.75, 3.05) is 5.32 Å². The van der Waals surface area contributed by atoms with E-state index < -0.39 is 11.7 Å². The standard InChI is InChI=1S/C9H9BFNO/c1-2-9(13)12-8-4-3-6(10)5-7(8)11/h2-5H,1,10H2,(H,12,13). The van der Waals surface area contributed by atoms with Crippen LogP contribution in [0.25, 0.3) is 0 Å². The Morgan fingerprint density at radius 3 is 2.85 bits per heavy atom. The van der Waals surface area contributed by atoms with Crippen molar-refractivity contribution >= 4 is 24.9 Å². The van der Waals surface area contributed by atoms with Crippen LogP contribution in [0.15, 0.2) is 30.9 Å². The Kier molecular flexibility index (Phi) is 2.85. The van der Waals surface area contributed by atoms with E-state index in [4.69, 9.17) is 0 Å². The van der Waals surface area contributed by atoms with Gasteiger partial charge in [0.15, 0.2) is 0 Å². The molecule has 0 spiro atoms. The highest BCUT2D eigenvalue weighted by atomic mass is 19.1. The molecular weight excluding hydrogens is 168 g/mol. The van der Waals surface area contributed by atoms with Crippen LogP contribution in [0.3, 0.4) is 0 Å². The van der Waals surface area contributed by atoms with E-state index in [1.165, 1.54) is 12.1 Å². The normalized spacial score (nSPS) is 9.31. The Morgan fingerprint density at radius 1 is 1.62 bits per heavy atom. The summed E-state index contributed by atoms with van der Waals surface area (Å²) in [7, 11) is 1.78. The average Bonchev–Trinajstić information content (AvgIpc) is 2.09. The molecule has 1 N–H and O–H groups in total. The zero-order valence-corrected chi connectivity index (χ0v) is 7.30. The van der Waals surface area contributed by atoms with Gasteiger partial charge in [-0.3, -0.25) is 4.79 Å². The predicted molar refractivity (Wildman–Crippen MR) is 53.4 cm³/mol. The minimum atomic E-state index is -0.435. The number of carbonyl (C=O) groups excluding carboxylic acids is 1. The maximum atomic E-state index is 13.1. The number of benzene rings is 1. The molecule has 1 aromatic carbocycles. The molecule has 1 amide bonds. The van der Waals surface area contributed by atoms with Gasteiger partial charge >= 0.3 is 0 Å². The number of amides is 1. The van der Waals surface area contributed by atoms with Crippen molar-refractivity contribution < 1.29 is 9.18 Å². The third-order valence-corrected chi connectivity index (χ3v) is 1.57. The molecule has 0 saturated carbocycles. The minimum Gasteiger partial charge on any atom is -0.320 e. The summed E-state index contributed by atoms with van der Waals surface area (Å²) in [6.07, 6.45) is 1.10. The molecule has 0 aliphatic rings. The fourth-order valence-corrected chi connectivity index (χ4v) is 0.905. The van der Waals surface area contributed by atoms with Crippen LogP contribution in [0.5, 0.6) is 0 Å². The van der Waals surface area contributed by atoms with Gasteiger partial charge in [-0.1, -0.05) is 18.1 Å². The Hall–Kier alpha value is -1.58. The summed E-state index contributed by atoms with van der Waals surface area (Å²) in [5.41, 5.74) is 0.990. The number of anilines is 1. The molecule has 1 aromatic rings. The van der Waals surface area contributed by atoms with Crippen LogP contribution in [0.4, 0.5) is 10.1 Å². The first-order valence-corrected chi connectivity index (χ1v) is 3.83. The van der Waals surface area contributed by atoms with Crippen molar-refractivity contribution in [1.82, 2.24) is 0 Å². The molecule has 0 aliphatic carbocycles. The lowest BCUT2D eigenvalue weighted by atomic mass is 9.96. The second-order valence-electron chi connectivity index (χ2n) is 2.68. The second kappa shape index (κ2) is 3.89. The Labute approximate surface area is 76.9 Å². The molecule has 0 heterocycles. The van der Waals surface area contributed by atoms with Gasteiger partial charge < -0.3 is 5.32 Å². The van der Waals surface area contributed by atoms with E-state index >= 15 is 0 Å². The van der Waals surface area contributed by atoms with E-state index in [0.29, 0.717) is 0 Å². The summed E-state index contributed by atoms with van der Waals surface area (Å²) in [4.78, 5) is 10.8. The molecule has 0 fully saturated rings. The smallest absolute Gasteiger partial charge is 0.247 e. The van der Waals surface area contributed by atoms with Gasteiger partial charge in [0.1, 0.15) is 13.7 Å². The van der Waals surface area contributed by atoms with Crippen LogP contribution in [0.1, 0.15) is 0 Å². The molecule has 0 radical (unpaired) electrons. The topological polar surface area (TPSA) is 29.1 Å². The molecule has 0 aromatic heterocycles. The van der Waals surface area contributed by atoms with E-state index in [9.17, 15) is 9.18 Å². The third-order valence-electron chi connectivity index (χ3n) is 1.57. The molecule has 2 nitrogen and oxygen atoms in total. The Morgan fingerprint density at radius 2 is 2.31 bits per heavy atom. The quantitative estimate of drug-likeness (QED) is 0.507. The zero-order chi connectivity index (χ0) is 9.84. The summed E-state index contributed by atoms with van der Waals surface area (Å²) in [6.45, 7) is 3.27. The van der Waals surface area contributed by atoms with Crippen molar-refractivity contribution in [1.29, 1.82) is 0 Å². The van der Waals surface area contributed by atoms with Gasteiger partial charge in [-0.15, -0.1) is 0 Å². The zero-order valence-electron chi connectivity index (χ0n) is 7.30. The van der Waals surface area contributed by atoms with Crippen LogP contribution in [0, 0.1) is 5.82 Å². The molecule has 1 rings (SSSR count). The first-order valence-electron chi connectivity index (χ1n) is 3.83. The van der Waals surface area contributed by atoms with Crippen LogP contribution < -0.4 is 10.8 Å². The highest BCUT2D eigenvalue weighted by Gasteiger charge is 2.03. The Bertz CT molecular complexity index is 351. The molecule has 0 aliphatic heterocycles. The SMILES string of the molecule is Bc1ccc(NC(=O)C=C)c(F)c1. The van der Waals surface area contributed by atoms with Crippen LogP contribution >= 0.6 is 0 Å². The number of rotatable bonds is 2. The van der Waals surface area contributed by atoms with Crippen molar-refractivity contribution in [2.24, 2.45) is 0 Å². The summed E-state index contributed by atoms with van der Waals surface area (Å²) in [5, 5.41) is 2.36. The van der Waals surface area contributed by atoms with Crippen LogP contribution in [-0.2, 0) is 4.79 Å². The van der Waals surface area contributed by atoms with E-state index in [1.54, 1.807) is 13.9 Å². The highest BCUT2D eigenvalue weighted by Crippen LogP contribution is 2.10. The fourth-order valence-electron chi connectivity index (χ4n) is 0.905. The maximum Gasteiger partial charge on any atom is 0.247 e. The van der Waals surface area contributed by atoms with Gasteiger partial charge in [0, 0.05) is 0 Å². The van der Waals surface area contributed by atoms with Crippen LogP contribution in [-0.4, -0.2) is 13.8 Å². The molecule has 0 saturated heterocycles. The second-order valence-corrected chi connectivity index (χ2v) is 2.68. The van der Waals surface area contributed by atoms with Gasteiger partial charge in [-0.25, -0.2) is 4.39 Å². The lowest BCUT2D eigenvalue weighted by Gasteiger charge is -2.03. The number of nitrogens with one attached hydrogen (secondary N) is 1. The van der Waals surface area contributed by atoms with E-state index in [1.807, 2.05) is 0 Å². The van der Waals surface area contributed by atoms with Gasteiger partial charge in [0.2, 0.25) is 5.91 Å². The van der Waals surface area contributed by atoms with Gasteiger partial charge in [0.25, 0.3) is 0 Å².